The van der Waals surface area contributed by atoms with Crippen LogP contribution in [0.4, 0.5) is 24.7 Å². The molecule has 46 heavy (non-hydrogen) atoms. The number of nitrogens with one attached hydrogen (secondary N) is 2. The highest BCUT2D eigenvalue weighted by Crippen LogP contribution is 2.38. The Morgan fingerprint density at radius 3 is 2.50 bits per heavy atom. The molecule has 5 rings (SSSR count). The molecule has 0 aliphatic heterocycles. The first-order valence-electron chi connectivity index (χ1n) is 14.0. The molecule has 1 amide bonds. The van der Waals surface area contributed by atoms with E-state index in [-0.39, 0.29) is 44.9 Å². The van der Waals surface area contributed by atoms with Crippen molar-refractivity contribution in [3.63, 3.8) is 0 Å². The quantitative estimate of drug-likeness (QED) is 0.138. The summed E-state index contributed by atoms with van der Waals surface area (Å²) in [6.45, 7) is 1.33. The smallest absolute Gasteiger partial charge is 0.491 e. The minimum absolute atomic E-state index is 0.00179. The number of hydrogen-bond acceptors (Lipinski definition) is 9. The lowest BCUT2D eigenvalue weighted by Gasteiger charge is -2.34. The van der Waals surface area contributed by atoms with Crippen molar-refractivity contribution in [1.29, 1.82) is 0 Å². The Balaban J connectivity index is 1.63. The van der Waals surface area contributed by atoms with Gasteiger partial charge < -0.3 is 25.8 Å². The maximum absolute atomic E-state index is 14.2. The van der Waals surface area contributed by atoms with Gasteiger partial charge in [-0.3, -0.25) is 4.79 Å². The number of fused-ring (bicyclic) bond motifs is 1. The SMILES string of the molecule is CCOc1cc(C(Nc2ccc3c(N)nccc3c2)(OC(=O)C(F)(F)F)C(=O)NCc2ccccc2S(=O)(=O)C2CC2)ccc1Cl. The van der Waals surface area contributed by atoms with Crippen LogP contribution in [0.2, 0.25) is 5.02 Å². The Bertz CT molecular complexity index is 1920. The second-order valence-electron chi connectivity index (χ2n) is 10.4. The van der Waals surface area contributed by atoms with Gasteiger partial charge in [-0.05, 0) is 73.2 Å². The number of halogens is 4. The van der Waals surface area contributed by atoms with Gasteiger partial charge in [0.15, 0.2) is 9.84 Å². The first-order valence-corrected chi connectivity index (χ1v) is 15.9. The fourth-order valence-corrected chi connectivity index (χ4v) is 6.91. The van der Waals surface area contributed by atoms with E-state index in [1.807, 2.05) is 0 Å². The lowest BCUT2D eigenvalue weighted by atomic mass is 9.99. The van der Waals surface area contributed by atoms with Crippen LogP contribution in [0.1, 0.15) is 30.9 Å². The number of nitrogen functional groups attached to an aromatic ring is 1. The van der Waals surface area contributed by atoms with Gasteiger partial charge in [0, 0.05) is 29.4 Å². The van der Waals surface area contributed by atoms with Crippen LogP contribution in [0, 0.1) is 0 Å². The maximum Gasteiger partial charge on any atom is 0.491 e. The van der Waals surface area contributed by atoms with Gasteiger partial charge in [-0.25, -0.2) is 18.2 Å². The molecule has 1 saturated carbocycles. The fourth-order valence-electron chi connectivity index (χ4n) is 4.84. The minimum Gasteiger partial charge on any atom is -0.492 e. The monoisotopic (exact) mass is 676 g/mol. The molecule has 1 fully saturated rings. The predicted molar refractivity (Wildman–Crippen MR) is 165 cm³/mol. The Labute approximate surface area is 267 Å². The summed E-state index contributed by atoms with van der Waals surface area (Å²) in [5, 5.41) is 5.73. The van der Waals surface area contributed by atoms with E-state index in [0.717, 1.165) is 0 Å². The lowest BCUT2D eigenvalue weighted by molar-refractivity contribution is -0.213. The molecule has 15 heteroatoms. The molecule has 1 unspecified atom stereocenters. The van der Waals surface area contributed by atoms with Crippen molar-refractivity contribution in [2.24, 2.45) is 0 Å². The van der Waals surface area contributed by atoms with Crippen molar-refractivity contribution in [3.05, 3.63) is 89.1 Å². The molecule has 4 N–H and O–H groups in total. The molecule has 1 aromatic heterocycles. The van der Waals surface area contributed by atoms with Crippen LogP contribution in [-0.4, -0.2) is 43.3 Å². The Morgan fingerprint density at radius 2 is 1.80 bits per heavy atom. The number of rotatable bonds is 11. The maximum atomic E-state index is 14.2. The highest BCUT2D eigenvalue weighted by molar-refractivity contribution is 7.92. The van der Waals surface area contributed by atoms with E-state index in [9.17, 15) is 31.2 Å². The third-order valence-corrected chi connectivity index (χ3v) is 9.90. The summed E-state index contributed by atoms with van der Waals surface area (Å²) in [6.07, 6.45) is -3.09. The first-order chi connectivity index (χ1) is 21.8. The molecule has 1 heterocycles. The molecular weight excluding hydrogens is 649 g/mol. The highest BCUT2D eigenvalue weighted by atomic mass is 35.5. The van der Waals surface area contributed by atoms with Gasteiger partial charge in [0.2, 0.25) is 0 Å². The molecular formula is C31H28ClF3N4O6S. The van der Waals surface area contributed by atoms with Crippen molar-refractivity contribution in [2.75, 3.05) is 17.7 Å². The number of alkyl halides is 3. The summed E-state index contributed by atoms with van der Waals surface area (Å²) in [5.74, 6) is -3.73. The van der Waals surface area contributed by atoms with E-state index >= 15 is 0 Å². The number of carbonyl (C=O) groups excluding carboxylic acids is 2. The number of amides is 1. The number of anilines is 2. The summed E-state index contributed by atoms with van der Waals surface area (Å²) in [6, 6.07) is 15.6. The fraction of sp³-hybridized carbons (Fsp3) is 0.258. The summed E-state index contributed by atoms with van der Waals surface area (Å²) in [7, 11) is -3.71. The summed E-state index contributed by atoms with van der Waals surface area (Å²) < 4.78 is 78.0. The summed E-state index contributed by atoms with van der Waals surface area (Å²) in [5.41, 5.74) is 3.05. The zero-order chi connectivity index (χ0) is 33.3. The van der Waals surface area contributed by atoms with Crippen LogP contribution in [0.5, 0.6) is 5.75 Å². The molecule has 0 spiro atoms. The number of pyridine rings is 1. The molecule has 3 aromatic carbocycles. The van der Waals surface area contributed by atoms with Crippen molar-refractivity contribution >= 4 is 55.6 Å². The number of ether oxygens (including phenoxy) is 2. The van der Waals surface area contributed by atoms with Crippen molar-refractivity contribution in [2.45, 2.75) is 48.4 Å². The molecule has 0 saturated heterocycles. The van der Waals surface area contributed by atoms with Crippen LogP contribution in [0.15, 0.2) is 77.8 Å². The van der Waals surface area contributed by atoms with Gasteiger partial charge in [-0.15, -0.1) is 0 Å². The van der Waals surface area contributed by atoms with E-state index < -0.39 is 45.4 Å². The molecule has 4 aromatic rings. The Kier molecular flexibility index (Phi) is 9.05. The van der Waals surface area contributed by atoms with Crippen LogP contribution in [-0.2, 0) is 36.4 Å². The topological polar surface area (TPSA) is 150 Å². The molecule has 1 aliphatic carbocycles. The van der Waals surface area contributed by atoms with Crippen molar-refractivity contribution < 1.29 is 40.7 Å². The molecule has 0 radical (unpaired) electrons. The minimum atomic E-state index is -5.50. The largest absolute Gasteiger partial charge is 0.492 e. The van der Waals surface area contributed by atoms with Crippen molar-refractivity contribution in [1.82, 2.24) is 10.3 Å². The lowest BCUT2D eigenvalue weighted by Crippen LogP contribution is -2.54. The van der Waals surface area contributed by atoms with E-state index in [1.54, 1.807) is 19.1 Å². The van der Waals surface area contributed by atoms with Crippen LogP contribution in [0.25, 0.3) is 10.8 Å². The molecule has 0 bridgehead atoms. The summed E-state index contributed by atoms with van der Waals surface area (Å²) in [4.78, 5) is 30.7. The third kappa shape index (κ3) is 6.67. The van der Waals surface area contributed by atoms with Crippen LogP contribution >= 0.6 is 11.6 Å². The number of esters is 1. The van der Waals surface area contributed by atoms with Gasteiger partial charge in [0.05, 0.1) is 21.8 Å². The Morgan fingerprint density at radius 1 is 1.07 bits per heavy atom. The van der Waals surface area contributed by atoms with Gasteiger partial charge >= 0.3 is 12.1 Å². The van der Waals surface area contributed by atoms with Gasteiger partial charge in [0.25, 0.3) is 11.6 Å². The average molecular weight is 677 g/mol. The standard InChI is InChI=1S/C31H28ClF3N4O6S/c1-2-44-25-16-20(7-12-24(25)32)30(45-29(41)31(33,34)35,39-21-8-11-23-18(15-21)13-14-37-27(23)36)28(40)38-17-19-5-3-4-6-26(19)46(42,43)22-9-10-22/h3-8,11-16,22,39H,2,9-10,17H2,1H3,(H2,36,37)(H,38,40). The van der Waals surface area contributed by atoms with Gasteiger partial charge in [0.1, 0.15) is 11.6 Å². The number of hydrogen-bond donors (Lipinski definition) is 3. The molecule has 242 valence electrons. The second-order valence-corrected chi connectivity index (χ2v) is 13.0. The third-order valence-electron chi connectivity index (χ3n) is 7.23. The van der Waals surface area contributed by atoms with Crippen LogP contribution in [0.3, 0.4) is 0 Å². The van der Waals surface area contributed by atoms with Crippen LogP contribution < -0.4 is 21.1 Å². The van der Waals surface area contributed by atoms with Gasteiger partial charge in [-0.1, -0.05) is 35.9 Å². The first kappa shape index (κ1) is 32.8. The number of benzene rings is 3. The highest BCUT2D eigenvalue weighted by Gasteiger charge is 2.52. The number of sulfone groups is 1. The number of nitrogens with zero attached hydrogens (tertiary/aromatic N) is 1. The number of nitrogens with two attached hydrogens (primary N) is 1. The van der Waals surface area contributed by atoms with E-state index in [0.29, 0.717) is 23.6 Å². The van der Waals surface area contributed by atoms with E-state index in [2.05, 4.69) is 15.6 Å². The van der Waals surface area contributed by atoms with E-state index in [1.165, 1.54) is 60.8 Å². The second kappa shape index (κ2) is 12.7. The Hall–Kier alpha value is -4.56. The number of aromatic nitrogens is 1. The van der Waals surface area contributed by atoms with Crippen molar-refractivity contribution in [3.8, 4) is 5.75 Å². The predicted octanol–water partition coefficient (Wildman–Crippen LogP) is 5.49. The zero-order valence-corrected chi connectivity index (χ0v) is 25.8. The molecule has 1 aliphatic rings. The van der Waals surface area contributed by atoms with Gasteiger partial charge in [-0.2, -0.15) is 13.2 Å². The number of carbonyl (C=O) groups is 2. The normalized spacial score (nSPS) is 14.7. The zero-order valence-electron chi connectivity index (χ0n) is 24.2. The molecule has 1 atom stereocenters. The summed E-state index contributed by atoms with van der Waals surface area (Å²) >= 11 is 6.25. The average Bonchev–Trinajstić information content (AvgIpc) is 3.87. The molecule has 10 nitrogen and oxygen atoms in total. The van der Waals surface area contributed by atoms with E-state index in [4.69, 9.17) is 26.8 Å².